The Morgan fingerprint density at radius 3 is 2.33 bits per heavy atom. The number of carbonyl (C=O) groups excluding carboxylic acids is 4. The molecule has 0 radical (unpaired) electrons. The van der Waals surface area contributed by atoms with Gasteiger partial charge in [-0.15, -0.1) is 11.3 Å². The summed E-state index contributed by atoms with van der Waals surface area (Å²) in [6.07, 6.45) is 4.62. The van der Waals surface area contributed by atoms with Gasteiger partial charge in [0, 0.05) is 37.9 Å². The Balaban J connectivity index is 1.79. The largest absolute Gasteiger partial charge is 0.455 e. The summed E-state index contributed by atoms with van der Waals surface area (Å²) in [5.41, 5.74) is 1.42. The van der Waals surface area contributed by atoms with Crippen LogP contribution in [-0.2, 0) is 25.5 Å². The minimum absolute atomic E-state index is 0.00211. The summed E-state index contributed by atoms with van der Waals surface area (Å²) in [6.45, 7) is 14.5. The fraction of sp³-hybridized carbons (Fsp3) is 0.658. The number of hydrogen-bond donors (Lipinski definition) is 2. The van der Waals surface area contributed by atoms with Gasteiger partial charge < -0.3 is 20.3 Å². The van der Waals surface area contributed by atoms with Gasteiger partial charge in [0.15, 0.2) is 6.10 Å². The van der Waals surface area contributed by atoms with Crippen molar-refractivity contribution in [2.45, 2.75) is 124 Å². The SMILES string of the molecule is CCC(C)[C@H](NC(=O)[C@H]1CCCCN1C)C(=O)N(C)[C@H](C[C@@H](OC(C)=O)c1nc(C(=O)N[C@@H](Cc2ccccc2)CC(C)C)cs1)C(C)C. The Hall–Kier alpha value is -3.31. The van der Waals surface area contributed by atoms with Gasteiger partial charge in [0.2, 0.25) is 11.8 Å². The van der Waals surface area contributed by atoms with Crippen LogP contribution in [0.2, 0.25) is 0 Å². The number of piperidine rings is 1. The molecule has 2 heterocycles. The smallest absolute Gasteiger partial charge is 0.303 e. The fourth-order valence-corrected chi connectivity index (χ4v) is 7.52. The van der Waals surface area contributed by atoms with Crippen LogP contribution in [0.15, 0.2) is 35.7 Å². The van der Waals surface area contributed by atoms with E-state index in [9.17, 15) is 19.2 Å². The summed E-state index contributed by atoms with van der Waals surface area (Å²) in [7, 11) is 3.72. The molecule has 1 fully saturated rings. The van der Waals surface area contributed by atoms with Crippen molar-refractivity contribution in [3.63, 3.8) is 0 Å². The molecule has 0 bridgehead atoms. The highest BCUT2D eigenvalue weighted by Crippen LogP contribution is 2.31. The molecule has 0 spiro atoms. The summed E-state index contributed by atoms with van der Waals surface area (Å²) in [4.78, 5) is 61.7. The highest BCUT2D eigenvalue weighted by Gasteiger charge is 2.37. The number of carbonyl (C=O) groups is 4. The van der Waals surface area contributed by atoms with Crippen molar-refractivity contribution in [2.24, 2.45) is 17.8 Å². The number of esters is 1. The molecule has 1 aliphatic rings. The lowest BCUT2D eigenvalue weighted by molar-refractivity contribution is -0.149. The van der Waals surface area contributed by atoms with Crippen molar-refractivity contribution in [1.82, 2.24) is 25.4 Å². The number of likely N-dealkylation sites (tertiary alicyclic amines) is 1. The van der Waals surface area contributed by atoms with E-state index in [0.29, 0.717) is 23.8 Å². The van der Waals surface area contributed by atoms with Crippen LogP contribution in [0.4, 0.5) is 0 Å². The molecule has 0 saturated carbocycles. The van der Waals surface area contributed by atoms with E-state index in [1.807, 2.05) is 52.9 Å². The third-order valence-electron chi connectivity index (χ3n) is 9.67. The molecule has 11 heteroatoms. The molecule has 3 amide bonds. The predicted molar refractivity (Wildman–Crippen MR) is 195 cm³/mol. The first-order valence-electron chi connectivity index (χ1n) is 18.0. The third kappa shape index (κ3) is 11.9. The fourth-order valence-electron chi connectivity index (χ4n) is 6.68. The Morgan fingerprint density at radius 2 is 1.73 bits per heavy atom. The second-order valence-corrected chi connectivity index (χ2v) is 15.4. The number of benzene rings is 1. The van der Waals surface area contributed by atoms with Crippen molar-refractivity contribution in [3.8, 4) is 0 Å². The van der Waals surface area contributed by atoms with Gasteiger partial charge in [-0.2, -0.15) is 0 Å². The molecule has 2 aromatic rings. The molecule has 272 valence electrons. The van der Waals surface area contributed by atoms with Gasteiger partial charge in [0.1, 0.15) is 16.7 Å². The molecule has 3 rings (SSSR count). The molecule has 49 heavy (non-hydrogen) atoms. The lowest BCUT2D eigenvalue weighted by Gasteiger charge is -2.38. The number of thiazole rings is 1. The quantitative estimate of drug-likeness (QED) is 0.194. The van der Waals surface area contributed by atoms with E-state index in [1.165, 1.54) is 18.3 Å². The second kappa shape index (κ2) is 19.2. The standard InChI is InChI=1S/C38H59N5O5S/c1-10-26(6)34(41-36(46)31-18-14-15-19-42(31)8)38(47)43(9)32(25(4)5)22-33(48-27(7)44)37-40-30(23-49-37)35(45)39-29(20-24(2)3)21-28-16-12-11-13-17-28/h11-13,16-17,23-26,29,31-34H,10,14-15,18-22H2,1-9H3,(H,39,45)(H,41,46)/t26?,29-,31-,32-,33-,34+/m1/s1. The van der Waals surface area contributed by atoms with Gasteiger partial charge in [-0.05, 0) is 62.6 Å². The molecule has 1 saturated heterocycles. The van der Waals surface area contributed by atoms with Gasteiger partial charge in [-0.25, -0.2) is 4.98 Å². The van der Waals surface area contributed by atoms with Crippen molar-refractivity contribution < 1.29 is 23.9 Å². The highest BCUT2D eigenvalue weighted by atomic mass is 32.1. The van der Waals surface area contributed by atoms with Crippen LogP contribution in [0.1, 0.15) is 114 Å². The van der Waals surface area contributed by atoms with Crippen LogP contribution in [0.5, 0.6) is 0 Å². The molecular formula is C38H59N5O5S. The van der Waals surface area contributed by atoms with E-state index in [-0.39, 0.29) is 53.4 Å². The molecule has 0 aliphatic carbocycles. The molecule has 2 N–H and O–H groups in total. The van der Waals surface area contributed by atoms with E-state index in [4.69, 9.17) is 4.74 Å². The van der Waals surface area contributed by atoms with Crippen molar-refractivity contribution >= 4 is 35.0 Å². The maximum atomic E-state index is 14.2. The van der Waals surface area contributed by atoms with Gasteiger partial charge >= 0.3 is 5.97 Å². The lowest BCUT2D eigenvalue weighted by atomic mass is 9.92. The summed E-state index contributed by atoms with van der Waals surface area (Å²) in [6, 6.07) is 8.77. The van der Waals surface area contributed by atoms with Crippen LogP contribution >= 0.6 is 11.3 Å². The van der Waals surface area contributed by atoms with E-state index < -0.39 is 18.1 Å². The van der Waals surface area contributed by atoms with Crippen LogP contribution in [0, 0.1) is 17.8 Å². The minimum atomic E-state index is -0.755. The Morgan fingerprint density at radius 1 is 1.04 bits per heavy atom. The number of likely N-dealkylation sites (N-methyl/N-ethyl adjacent to an activating group) is 2. The van der Waals surface area contributed by atoms with Crippen molar-refractivity contribution in [3.05, 3.63) is 52.0 Å². The summed E-state index contributed by atoms with van der Waals surface area (Å²) >= 11 is 1.27. The van der Waals surface area contributed by atoms with E-state index in [1.54, 1.807) is 17.3 Å². The molecule has 1 aromatic carbocycles. The van der Waals surface area contributed by atoms with Gasteiger partial charge in [-0.1, -0.05) is 84.7 Å². The van der Waals surface area contributed by atoms with E-state index in [2.05, 4.69) is 46.5 Å². The number of nitrogens with one attached hydrogen (secondary N) is 2. The zero-order valence-electron chi connectivity index (χ0n) is 31.0. The maximum absolute atomic E-state index is 14.2. The second-order valence-electron chi connectivity index (χ2n) is 14.5. The van der Waals surface area contributed by atoms with Gasteiger partial charge in [0.25, 0.3) is 5.91 Å². The Labute approximate surface area is 297 Å². The zero-order valence-corrected chi connectivity index (χ0v) is 31.8. The highest BCUT2D eigenvalue weighted by molar-refractivity contribution is 7.09. The monoisotopic (exact) mass is 697 g/mol. The minimum Gasteiger partial charge on any atom is -0.455 e. The molecule has 10 nitrogen and oxygen atoms in total. The van der Waals surface area contributed by atoms with Gasteiger partial charge in [0.05, 0.1) is 6.04 Å². The summed E-state index contributed by atoms with van der Waals surface area (Å²) < 4.78 is 5.80. The first-order valence-corrected chi connectivity index (χ1v) is 18.8. The Bertz CT molecular complexity index is 1370. The van der Waals surface area contributed by atoms with E-state index in [0.717, 1.165) is 44.2 Å². The van der Waals surface area contributed by atoms with E-state index >= 15 is 0 Å². The number of hydrogen-bond acceptors (Lipinski definition) is 8. The molecule has 1 aliphatic heterocycles. The predicted octanol–water partition coefficient (Wildman–Crippen LogP) is 6.02. The average Bonchev–Trinajstić information content (AvgIpc) is 3.55. The van der Waals surface area contributed by atoms with Crippen LogP contribution in [0.25, 0.3) is 0 Å². The van der Waals surface area contributed by atoms with Crippen molar-refractivity contribution in [1.29, 1.82) is 0 Å². The molecular weight excluding hydrogens is 639 g/mol. The first kappa shape index (κ1) is 40.1. The maximum Gasteiger partial charge on any atom is 0.303 e. The number of aromatic nitrogens is 1. The topological polar surface area (TPSA) is 121 Å². The van der Waals surface area contributed by atoms with Crippen LogP contribution < -0.4 is 10.6 Å². The lowest BCUT2D eigenvalue weighted by Crippen LogP contribution is -2.58. The Kier molecular flexibility index (Phi) is 15.7. The first-order chi connectivity index (χ1) is 23.2. The molecule has 1 unspecified atom stereocenters. The van der Waals surface area contributed by atoms with Crippen LogP contribution in [0.3, 0.4) is 0 Å². The van der Waals surface area contributed by atoms with Crippen molar-refractivity contribution in [2.75, 3.05) is 20.6 Å². The number of nitrogens with zero attached hydrogens (tertiary/aromatic N) is 3. The van der Waals surface area contributed by atoms with Gasteiger partial charge in [-0.3, -0.25) is 24.1 Å². The molecule has 1 aromatic heterocycles. The number of rotatable bonds is 17. The number of amides is 3. The van der Waals surface area contributed by atoms with Crippen LogP contribution in [-0.4, -0.2) is 83.3 Å². The summed E-state index contributed by atoms with van der Waals surface area (Å²) in [5.74, 6) is -0.703. The normalized spacial score (nSPS) is 18.3. The summed E-state index contributed by atoms with van der Waals surface area (Å²) in [5, 5.41) is 8.48. The molecule has 6 atom stereocenters. The average molecular weight is 698 g/mol. The number of ether oxygens (including phenoxy) is 1. The zero-order chi connectivity index (χ0) is 36.2. The third-order valence-corrected chi connectivity index (χ3v) is 10.6.